The van der Waals surface area contributed by atoms with Gasteiger partial charge in [-0.05, 0) is 65.5 Å². The average molecular weight is 579 g/mol. The van der Waals surface area contributed by atoms with Crippen LogP contribution in [0.5, 0.6) is 17.4 Å². The molecule has 4 aromatic rings. The van der Waals surface area contributed by atoms with Crippen molar-refractivity contribution in [1.82, 2.24) is 14.9 Å². The van der Waals surface area contributed by atoms with E-state index in [1.54, 1.807) is 25.1 Å². The van der Waals surface area contributed by atoms with Crippen molar-refractivity contribution < 1.29 is 28.2 Å². The summed E-state index contributed by atoms with van der Waals surface area (Å²) >= 11 is 6.46. The molecule has 2 heterocycles. The third kappa shape index (κ3) is 5.90. The minimum atomic E-state index is -0.811. The monoisotopic (exact) mass is 578 g/mol. The van der Waals surface area contributed by atoms with Crippen molar-refractivity contribution in [3.63, 3.8) is 0 Å². The number of carbonyl (C=O) groups is 3. The molecule has 1 saturated heterocycles. The van der Waals surface area contributed by atoms with E-state index >= 15 is 0 Å². The standard InChI is InChI=1S/C28H20ClFN4O5S/c1-2-38-22-12-16(10-11-21(22)39-25-19(30)14-31-27(29)33-25)13-23-26(36)34(28(37)40-23)15-24(35)32-20-9-5-7-17-6-3-4-8-18(17)20/h3-14H,2,15H2,1H3,(H,32,35)/b23-13+. The average Bonchev–Trinajstić information content (AvgIpc) is 3.19. The number of anilines is 1. The largest absolute Gasteiger partial charge is 0.490 e. The lowest BCUT2D eigenvalue weighted by Crippen LogP contribution is -2.36. The van der Waals surface area contributed by atoms with Gasteiger partial charge in [0.15, 0.2) is 11.5 Å². The summed E-state index contributed by atoms with van der Waals surface area (Å²) in [6.45, 7) is 1.59. The summed E-state index contributed by atoms with van der Waals surface area (Å²) in [5.41, 5.74) is 1.10. The molecule has 1 aromatic heterocycles. The highest BCUT2D eigenvalue weighted by Gasteiger charge is 2.36. The topological polar surface area (TPSA) is 111 Å². The molecule has 0 radical (unpaired) electrons. The van der Waals surface area contributed by atoms with Crippen LogP contribution < -0.4 is 14.8 Å². The lowest BCUT2D eigenvalue weighted by Gasteiger charge is -2.14. The minimum Gasteiger partial charge on any atom is -0.490 e. The van der Waals surface area contributed by atoms with Crippen molar-refractivity contribution >= 4 is 63.0 Å². The molecular formula is C28H20ClFN4O5S. The molecule has 0 spiro atoms. The maximum Gasteiger partial charge on any atom is 0.294 e. The second kappa shape index (κ2) is 11.7. The number of aromatic nitrogens is 2. The molecule has 5 rings (SSSR count). The van der Waals surface area contributed by atoms with E-state index in [-0.39, 0.29) is 34.2 Å². The second-order valence-electron chi connectivity index (χ2n) is 8.38. The Bertz CT molecular complexity index is 1680. The van der Waals surface area contributed by atoms with Crippen LogP contribution in [0.2, 0.25) is 5.28 Å². The first-order chi connectivity index (χ1) is 19.3. The van der Waals surface area contributed by atoms with Crippen LogP contribution in [0.4, 0.5) is 14.9 Å². The van der Waals surface area contributed by atoms with Crippen molar-refractivity contribution in [2.75, 3.05) is 18.5 Å². The molecule has 1 aliphatic rings. The van der Waals surface area contributed by atoms with Gasteiger partial charge in [-0.15, -0.1) is 0 Å². The number of rotatable bonds is 8. The number of imide groups is 1. The van der Waals surface area contributed by atoms with Crippen LogP contribution in [-0.2, 0) is 9.59 Å². The third-order valence-corrected chi connectivity index (χ3v) is 6.78. The fraction of sp³-hybridized carbons (Fsp3) is 0.107. The lowest BCUT2D eigenvalue weighted by atomic mass is 10.1. The Morgan fingerprint density at radius 1 is 1.12 bits per heavy atom. The number of thioether (sulfide) groups is 1. The van der Waals surface area contributed by atoms with Gasteiger partial charge in [0.25, 0.3) is 17.0 Å². The maximum absolute atomic E-state index is 14.1. The summed E-state index contributed by atoms with van der Waals surface area (Å²) in [6, 6.07) is 17.7. The second-order valence-corrected chi connectivity index (χ2v) is 9.71. The summed E-state index contributed by atoms with van der Waals surface area (Å²) in [5.74, 6) is -1.88. The van der Waals surface area contributed by atoms with Gasteiger partial charge in [0.2, 0.25) is 17.0 Å². The number of carbonyl (C=O) groups excluding carboxylic acids is 3. The van der Waals surface area contributed by atoms with Gasteiger partial charge in [-0.2, -0.15) is 9.37 Å². The summed E-state index contributed by atoms with van der Waals surface area (Å²) in [5, 5.41) is 3.82. The molecular weight excluding hydrogens is 559 g/mol. The lowest BCUT2D eigenvalue weighted by molar-refractivity contribution is -0.127. The molecule has 0 bridgehead atoms. The maximum atomic E-state index is 14.1. The van der Waals surface area contributed by atoms with E-state index in [1.807, 2.05) is 36.4 Å². The van der Waals surface area contributed by atoms with E-state index in [0.29, 0.717) is 11.3 Å². The summed E-state index contributed by atoms with van der Waals surface area (Å²) in [4.78, 5) is 46.7. The van der Waals surface area contributed by atoms with Gasteiger partial charge >= 0.3 is 0 Å². The van der Waals surface area contributed by atoms with Crippen LogP contribution >= 0.6 is 23.4 Å². The van der Waals surface area contributed by atoms with Crippen LogP contribution in [0.1, 0.15) is 12.5 Å². The van der Waals surface area contributed by atoms with Crippen LogP contribution in [0, 0.1) is 5.82 Å². The van der Waals surface area contributed by atoms with Gasteiger partial charge < -0.3 is 14.8 Å². The summed E-state index contributed by atoms with van der Waals surface area (Å²) in [7, 11) is 0. The number of hydrogen-bond acceptors (Lipinski definition) is 8. The molecule has 3 aromatic carbocycles. The van der Waals surface area contributed by atoms with Crippen LogP contribution in [-0.4, -0.2) is 45.1 Å². The van der Waals surface area contributed by atoms with Crippen molar-refractivity contribution in [2.24, 2.45) is 0 Å². The number of hydrogen-bond donors (Lipinski definition) is 1. The van der Waals surface area contributed by atoms with Crippen molar-refractivity contribution in [3.05, 3.63) is 88.4 Å². The zero-order chi connectivity index (χ0) is 28.2. The molecule has 1 fully saturated rings. The summed E-state index contributed by atoms with van der Waals surface area (Å²) in [6.07, 6.45) is 2.39. The smallest absolute Gasteiger partial charge is 0.294 e. The van der Waals surface area contributed by atoms with Gasteiger partial charge in [-0.1, -0.05) is 42.5 Å². The Kier molecular flexibility index (Phi) is 7.94. The first-order valence-electron chi connectivity index (χ1n) is 12.0. The predicted molar refractivity (Wildman–Crippen MR) is 150 cm³/mol. The quantitative estimate of drug-likeness (QED) is 0.192. The molecule has 0 unspecified atom stereocenters. The zero-order valence-corrected chi connectivity index (χ0v) is 22.5. The normalized spacial score (nSPS) is 14.2. The van der Waals surface area contributed by atoms with Crippen LogP contribution in [0.25, 0.3) is 16.8 Å². The van der Waals surface area contributed by atoms with Crippen LogP contribution in [0.15, 0.2) is 71.8 Å². The Labute approximate surface area is 237 Å². The SMILES string of the molecule is CCOc1cc(/C=C2/SC(=O)N(CC(=O)Nc3cccc4ccccc34)C2=O)ccc1Oc1nc(Cl)ncc1F. The number of halogens is 2. The van der Waals surface area contributed by atoms with Crippen molar-refractivity contribution in [1.29, 1.82) is 0 Å². The first-order valence-corrected chi connectivity index (χ1v) is 13.2. The fourth-order valence-corrected chi connectivity index (χ4v) is 4.89. The van der Waals surface area contributed by atoms with E-state index in [0.717, 1.165) is 33.6 Å². The zero-order valence-electron chi connectivity index (χ0n) is 20.9. The fourth-order valence-electron chi connectivity index (χ4n) is 3.93. The number of benzene rings is 3. The molecule has 3 amide bonds. The van der Waals surface area contributed by atoms with Crippen LogP contribution in [0.3, 0.4) is 0 Å². The Morgan fingerprint density at radius 3 is 2.75 bits per heavy atom. The van der Waals surface area contributed by atoms with E-state index in [4.69, 9.17) is 21.1 Å². The van der Waals surface area contributed by atoms with Crippen molar-refractivity contribution in [2.45, 2.75) is 6.92 Å². The molecule has 9 nitrogen and oxygen atoms in total. The van der Waals surface area contributed by atoms with E-state index in [2.05, 4.69) is 15.3 Å². The highest BCUT2D eigenvalue weighted by Crippen LogP contribution is 2.36. The van der Waals surface area contributed by atoms with Gasteiger partial charge in [-0.25, -0.2) is 4.98 Å². The van der Waals surface area contributed by atoms with Gasteiger partial charge in [0.05, 0.1) is 17.7 Å². The number of ether oxygens (including phenoxy) is 2. The summed E-state index contributed by atoms with van der Waals surface area (Å²) < 4.78 is 25.2. The van der Waals surface area contributed by atoms with Gasteiger partial charge in [0, 0.05) is 11.1 Å². The van der Waals surface area contributed by atoms with Crippen molar-refractivity contribution in [3.8, 4) is 17.4 Å². The molecule has 1 N–H and O–H groups in total. The van der Waals surface area contributed by atoms with E-state index in [9.17, 15) is 18.8 Å². The highest BCUT2D eigenvalue weighted by molar-refractivity contribution is 8.18. The Hall–Kier alpha value is -4.48. The third-order valence-electron chi connectivity index (χ3n) is 5.69. The molecule has 202 valence electrons. The Balaban J connectivity index is 1.32. The first kappa shape index (κ1) is 27.1. The Morgan fingerprint density at radius 2 is 1.93 bits per heavy atom. The number of amides is 3. The highest BCUT2D eigenvalue weighted by atomic mass is 35.5. The molecule has 40 heavy (non-hydrogen) atoms. The molecule has 0 atom stereocenters. The number of nitrogens with one attached hydrogen (secondary N) is 1. The van der Waals surface area contributed by atoms with E-state index < -0.39 is 29.4 Å². The number of fused-ring (bicyclic) bond motifs is 1. The minimum absolute atomic E-state index is 0.132. The molecule has 12 heteroatoms. The predicted octanol–water partition coefficient (Wildman–Crippen LogP) is 6.29. The van der Waals surface area contributed by atoms with Gasteiger partial charge in [0.1, 0.15) is 6.54 Å². The molecule has 1 aliphatic heterocycles. The number of nitrogens with zero attached hydrogens (tertiary/aromatic N) is 3. The van der Waals surface area contributed by atoms with Gasteiger partial charge in [-0.3, -0.25) is 19.3 Å². The molecule has 0 saturated carbocycles. The van der Waals surface area contributed by atoms with E-state index in [1.165, 1.54) is 12.1 Å². The molecule has 0 aliphatic carbocycles.